The van der Waals surface area contributed by atoms with E-state index in [-0.39, 0.29) is 11.9 Å². The summed E-state index contributed by atoms with van der Waals surface area (Å²) in [6, 6.07) is 5.55. The fourth-order valence-electron chi connectivity index (χ4n) is 1.56. The molecule has 16 heavy (non-hydrogen) atoms. The van der Waals surface area contributed by atoms with Crippen molar-refractivity contribution in [1.29, 1.82) is 0 Å². The van der Waals surface area contributed by atoms with Crippen molar-refractivity contribution in [2.75, 3.05) is 0 Å². The van der Waals surface area contributed by atoms with E-state index >= 15 is 0 Å². The molecular formula is C13H20NO2+. The topological polar surface area (TPSA) is 30.2 Å². The average Bonchev–Trinajstić information content (AvgIpc) is 2.31. The van der Waals surface area contributed by atoms with Crippen LogP contribution in [0.2, 0.25) is 0 Å². The van der Waals surface area contributed by atoms with Crippen LogP contribution < -0.4 is 9.57 Å². The molecule has 0 aliphatic carbocycles. The summed E-state index contributed by atoms with van der Waals surface area (Å²) in [6.07, 6.45) is 7.40. The van der Waals surface area contributed by atoms with Crippen LogP contribution in [0.25, 0.3) is 0 Å². The first kappa shape index (κ1) is 12.7. The fraction of sp³-hybridized carbons (Fsp3) is 0.538. The minimum atomic E-state index is -0.132. The Morgan fingerprint density at radius 2 is 1.94 bits per heavy atom. The lowest BCUT2D eigenvalue weighted by Crippen LogP contribution is -2.47. The van der Waals surface area contributed by atoms with Crippen LogP contribution in [0.15, 0.2) is 30.6 Å². The molecule has 0 aliphatic rings. The molecule has 0 saturated heterocycles. The molecule has 1 atom stereocenters. The molecule has 1 unspecified atom stereocenters. The van der Waals surface area contributed by atoms with Gasteiger partial charge >= 0.3 is 5.97 Å². The highest BCUT2D eigenvalue weighted by Crippen LogP contribution is 2.12. The first-order chi connectivity index (χ1) is 7.77. The Hall–Kier alpha value is -1.38. The van der Waals surface area contributed by atoms with Gasteiger partial charge in [0.25, 0.3) is 0 Å². The lowest BCUT2D eigenvalue weighted by molar-refractivity contribution is -0.870. The second-order valence-electron chi connectivity index (χ2n) is 3.89. The largest absolute Gasteiger partial charge is 0.383 e. The number of carbonyl (C=O) groups is 1. The molecule has 0 N–H and O–H groups in total. The van der Waals surface area contributed by atoms with Crippen LogP contribution in [-0.4, -0.2) is 5.97 Å². The van der Waals surface area contributed by atoms with Crippen molar-refractivity contribution in [2.45, 2.75) is 39.5 Å². The summed E-state index contributed by atoms with van der Waals surface area (Å²) < 4.78 is 1.46. The zero-order valence-electron chi connectivity index (χ0n) is 10.1. The SMILES string of the molecule is CCCCC(CC)C(=O)O[n+]1ccccc1. The highest BCUT2D eigenvalue weighted by Gasteiger charge is 2.21. The van der Waals surface area contributed by atoms with E-state index in [4.69, 9.17) is 4.84 Å². The Labute approximate surface area is 97.0 Å². The standard InChI is InChI=1S/C13H20NO2/c1-3-5-9-12(4-2)13(15)16-14-10-7-6-8-11-14/h6-8,10-12H,3-5,9H2,1-2H3/q+1. The molecule has 3 nitrogen and oxygen atoms in total. The number of nitrogens with zero attached hydrogens (tertiary/aromatic N) is 1. The Balaban J connectivity index is 2.49. The van der Waals surface area contributed by atoms with Crippen LogP contribution >= 0.6 is 0 Å². The number of aromatic nitrogens is 1. The van der Waals surface area contributed by atoms with E-state index in [2.05, 4.69) is 6.92 Å². The molecule has 1 aromatic heterocycles. The third-order valence-electron chi connectivity index (χ3n) is 2.62. The second kappa shape index (κ2) is 6.99. The van der Waals surface area contributed by atoms with Crippen molar-refractivity contribution in [3.8, 4) is 0 Å². The van der Waals surface area contributed by atoms with E-state index in [1.54, 1.807) is 12.4 Å². The van der Waals surface area contributed by atoms with Gasteiger partial charge in [-0.15, -0.1) is 0 Å². The Kier molecular flexibility index (Phi) is 5.54. The smallest absolute Gasteiger partial charge is 0.244 e. The molecule has 3 heteroatoms. The van der Waals surface area contributed by atoms with E-state index in [0.717, 1.165) is 25.7 Å². The highest BCUT2D eigenvalue weighted by atomic mass is 16.7. The Morgan fingerprint density at radius 3 is 2.50 bits per heavy atom. The van der Waals surface area contributed by atoms with Gasteiger partial charge in [0.15, 0.2) is 0 Å². The number of hydrogen-bond donors (Lipinski definition) is 0. The number of hydrogen-bond acceptors (Lipinski definition) is 2. The lowest BCUT2D eigenvalue weighted by atomic mass is 10.00. The molecular weight excluding hydrogens is 202 g/mol. The summed E-state index contributed by atoms with van der Waals surface area (Å²) in [5.41, 5.74) is 0. The molecule has 0 aliphatic heterocycles. The van der Waals surface area contributed by atoms with Gasteiger partial charge in [0, 0.05) is 16.9 Å². The van der Waals surface area contributed by atoms with Gasteiger partial charge in [0.1, 0.15) is 0 Å². The molecule has 0 radical (unpaired) electrons. The van der Waals surface area contributed by atoms with Gasteiger partial charge in [-0.3, -0.25) is 0 Å². The Morgan fingerprint density at radius 1 is 1.25 bits per heavy atom. The third-order valence-corrected chi connectivity index (χ3v) is 2.62. The summed E-state index contributed by atoms with van der Waals surface area (Å²) in [5, 5.41) is 0. The van der Waals surface area contributed by atoms with Crippen molar-refractivity contribution >= 4 is 5.97 Å². The average molecular weight is 222 g/mol. The fourth-order valence-corrected chi connectivity index (χ4v) is 1.56. The number of unbranched alkanes of at least 4 members (excludes halogenated alkanes) is 1. The molecule has 1 heterocycles. The number of carbonyl (C=O) groups excluding carboxylic acids is 1. The molecule has 1 rings (SSSR count). The minimum absolute atomic E-state index is 0.0210. The van der Waals surface area contributed by atoms with Crippen LogP contribution in [0, 0.1) is 5.92 Å². The zero-order valence-corrected chi connectivity index (χ0v) is 10.1. The van der Waals surface area contributed by atoms with Crippen LogP contribution in [-0.2, 0) is 4.79 Å². The minimum Gasteiger partial charge on any atom is -0.244 e. The predicted octanol–water partition coefficient (Wildman–Crippen LogP) is 2.15. The van der Waals surface area contributed by atoms with E-state index < -0.39 is 0 Å². The van der Waals surface area contributed by atoms with Gasteiger partial charge < -0.3 is 0 Å². The van der Waals surface area contributed by atoms with E-state index in [0.29, 0.717) is 0 Å². The summed E-state index contributed by atoms with van der Waals surface area (Å²) in [6.45, 7) is 4.15. The summed E-state index contributed by atoms with van der Waals surface area (Å²) in [4.78, 5) is 17.0. The van der Waals surface area contributed by atoms with E-state index in [1.807, 2.05) is 25.1 Å². The van der Waals surface area contributed by atoms with Crippen molar-refractivity contribution in [3.63, 3.8) is 0 Å². The molecule has 0 bridgehead atoms. The van der Waals surface area contributed by atoms with Crippen LogP contribution in [0.4, 0.5) is 0 Å². The molecule has 1 aromatic rings. The zero-order chi connectivity index (χ0) is 11.8. The first-order valence-corrected chi connectivity index (χ1v) is 5.96. The van der Waals surface area contributed by atoms with Crippen molar-refractivity contribution < 1.29 is 14.4 Å². The van der Waals surface area contributed by atoms with Crippen molar-refractivity contribution in [1.82, 2.24) is 0 Å². The lowest BCUT2D eigenvalue weighted by Gasteiger charge is -2.08. The van der Waals surface area contributed by atoms with Crippen LogP contribution in [0.1, 0.15) is 39.5 Å². The van der Waals surface area contributed by atoms with Crippen molar-refractivity contribution in [3.05, 3.63) is 30.6 Å². The molecule has 88 valence electrons. The van der Waals surface area contributed by atoms with Crippen LogP contribution in [0.5, 0.6) is 0 Å². The highest BCUT2D eigenvalue weighted by molar-refractivity contribution is 5.71. The Bertz CT molecular complexity index is 311. The molecule has 0 spiro atoms. The summed E-state index contributed by atoms with van der Waals surface area (Å²) in [5.74, 6) is -0.111. The van der Waals surface area contributed by atoms with Crippen molar-refractivity contribution in [2.24, 2.45) is 5.92 Å². The third kappa shape index (κ3) is 4.01. The molecule has 0 amide bonds. The maximum absolute atomic E-state index is 11.8. The van der Waals surface area contributed by atoms with Gasteiger partial charge in [-0.05, 0) is 12.8 Å². The van der Waals surface area contributed by atoms with Crippen LogP contribution in [0.3, 0.4) is 0 Å². The number of rotatable bonds is 6. The van der Waals surface area contributed by atoms with Gasteiger partial charge in [0.05, 0.1) is 5.92 Å². The number of pyridine rings is 1. The predicted molar refractivity (Wildman–Crippen MR) is 61.5 cm³/mol. The molecule has 0 saturated carbocycles. The molecule has 0 aromatic carbocycles. The second-order valence-corrected chi connectivity index (χ2v) is 3.89. The maximum Gasteiger partial charge on any atom is 0.383 e. The van der Waals surface area contributed by atoms with E-state index in [9.17, 15) is 4.79 Å². The quantitative estimate of drug-likeness (QED) is 0.690. The monoisotopic (exact) mass is 222 g/mol. The van der Waals surface area contributed by atoms with Gasteiger partial charge in [0.2, 0.25) is 12.4 Å². The summed E-state index contributed by atoms with van der Waals surface area (Å²) >= 11 is 0. The van der Waals surface area contributed by atoms with Gasteiger partial charge in [-0.2, -0.15) is 4.84 Å². The normalized spacial score (nSPS) is 12.1. The van der Waals surface area contributed by atoms with Gasteiger partial charge in [-0.1, -0.05) is 32.8 Å². The van der Waals surface area contributed by atoms with Gasteiger partial charge in [-0.25, -0.2) is 4.79 Å². The first-order valence-electron chi connectivity index (χ1n) is 5.96. The molecule has 0 fully saturated rings. The van der Waals surface area contributed by atoms with E-state index in [1.165, 1.54) is 4.73 Å². The maximum atomic E-state index is 11.8. The summed E-state index contributed by atoms with van der Waals surface area (Å²) in [7, 11) is 0.